The van der Waals surface area contributed by atoms with Crippen LogP contribution in [0, 0.1) is 11.8 Å². The van der Waals surface area contributed by atoms with Gasteiger partial charge in [-0.05, 0) is 37.2 Å². The minimum Gasteiger partial charge on any atom is -0.342 e. The Morgan fingerprint density at radius 1 is 1.12 bits per heavy atom. The third kappa shape index (κ3) is 3.88. The van der Waals surface area contributed by atoms with Crippen molar-refractivity contribution in [3.63, 3.8) is 0 Å². The summed E-state index contributed by atoms with van der Waals surface area (Å²) in [4.78, 5) is 27.9. The van der Waals surface area contributed by atoms with Crippen LogP contribution >= 0.6 is 0 Å². The predicted molar refractivity (Wildman–Crippen MR) is 90.3 cm³/mol. The lowest BCUT2D eigenvalue weighted by Gasteiger charge is -2.34. The second kappa shape index (κ2) is 7.68. The van der Waals surface area contributed by atoms with Crippen LogP contribution in [-0.4, -0.2) is 64.7 Å². The molecule has 2 fully saturated rings. The lowest BCUT2D eigenvalue weighted by molar-refractivity contribution is -0.130. The molecule has 0 saturated carbocycles. The van der Waals surface area contributed by atoms with Crippen LogP contribution in [0.3, 0.4) is 0 Å². The summed E-state index contributed by atoms with van der Waals surface area (Å²) in [6.07, 6.45) is 7.34. The van der Waals surface area contributed by atoms with E-state index in [4.69, 9.17) is 0 Å². The van der Waals surface area contributed by atoms with Crippen molar-refractivity contribution < 1.29 is 9.59 Å². The third-order valence-corrected chi connectivity index (χ3v) is 5.40. The molecule has 0 spiro atoms. The van der Waals surface area contributed by atoms with Crippen LogP contribution in [0.4, 0.5) is 4.79 Å². The second-order valence-electron chi connectivity index (χ2n) is 6.79. The Balaban J connectivity index is 1.42. The number of aromatic nitrogens is 2. The van der Waals surface area contributed by atoms with Gasteiger partial charge in [-0.25, -0.2) is 4.79 Å². The van der Waals surface area contributed by atoms with Crippen LogP contribution in [0.1, 0.15) is 25.7 Å². The molecule has 1 atom stereocenters. The minimum atomic E-state index is 0.0234. The van der Waals surface area contributed by atoms with Crippen molar-refractivity contribution in [2.75, 3.05) is 33.2 Å². The van der Waals surface area contributed by atoms with Crippen LogP contribution in [0.5, 0.6) is 0 Å². The van der Waals surface area contributed by atoms with Crippen LogP contribution in [0.2, 0.25) is 0 Å². The molecule has 0 aromatic carbocycles. The number of amides is 3. The zero-order chi connectivity index (χ0) is 16.9. The molecule has 0 radical (unpaired) electrons. The first-order valence-corrected chi connectivity index (χ1v) is 8.89. The number of rotatable bonds is 4. The second-order valence-corrected chi connectivity index (χ2v) is 6.79. The Bertz CT molecular complexity index is 551. The fourth-order valence-corrected chi connectivity index (χ4v) is 3.93. The van der Waals surface area contributed by atoms with Crippen molar-refractivity contribution in [3.8, 4) is 0 Å². The Kier molecular flexibility index (Phi) is 5.37. The van der Waals surface area contributed by atoms with Crippen LogP contribution < -0.4 is 5.32 Å². The van der Waals surface area contributed by atoms with E-state index < -0.39 is 0 Å². The minimum absolute atomic E-state index is 0.0234. The van der Waals surface area contributed by atoms with E-state index in [0.717, 1.165) is 45.4 Å². The van der Waals surface area contributed by atoms with Gasteiger partial charge < -0.3 is 15.1 Å². The number of carbonyl (C=O) groups is 2. The van der Waals surface area contributed by atoms with E-state index in [0.29, 0.717) is 24.8 Å². The molecule has 1 aromatic rings. The Morgan fingerprint density at radius 3 is 2.50 bits per heavy atom. The van der Waals surface area contributed by atoms with Crippen molar-refractivity contribution in [2.24, 2.45) is 11.8 Å². The number of nitrogens with one attached hydrogen (secondary N) is 1. The molecule has 3 amide bonds. The standard InChI is InChI=1S/C17H27N5O2/c1-18-17(24)20-9-3-14(4-10-20)15-5-11-21(13-15)16(23)6-12-22-8-2-7-19-22/h2,7-8,14-15H,3-6,9-13H2,1H3,(H,18,24). The fraction of sp³-hybridized carbons (Fsp3) is 0.706. The fourth-order valence-electron chi connectivity index (χ4n) is 3.93. The van der Waals surface area contributed by atoms with E-state index >= 15 is 0 Å². The number of urea groups is 1. The molecule has 2 saturated heterocycles. The molecule has 2 aliphatic heterocycles. The number of aryl methyl sites for hydroxylation is 1. The molecule has 1 aromatic heterocycles. The van der Waals surface area contributed by atoms with Gasteiger partial charge in [0.25, 0.3) is 0 Å². The molecule has 0 aliphatic carbocycles. The van der Waals surface area contributed by atoms with Gasteiger partial charge in [0.05, 0.1) is 0 Å². The van der Waals surface area contributed by atoms with E-state index in [2.05, 4.69) is 10.4 Å². The maximum absolute atomic E-state index is 12.4. The van der Waals surface area contributed by atoms with Crippen molar-refractivity contribution in [1.29, 1.82) is 0 Å². The molecule has 24 heavy (non-hydrogen) atoms. The van der Waals surface area contributed by atoms with Crippen molar-refractivity contribution >= 4 is 11.9 Å². The smallest absolute Gasteiger partial charge is 0.317 e. The van der Waals surface area contributed by atoms with Crippen LogP contribution in [0.25, 0.3) is 0 Å². The highest BCUT2D eigenvalue weighted by Gasteiger charge is 2.34. The molecule has 0 bridgehead atoms. The van der Waals surface area contributed by atoms with Gasteiger partial charge >= 0.3 is 6.03 Å². The summed E-state index contributed by atoms with van der Waals surface area (Å²) in [5.74, 6) is 1.45. The number of piperidine rings is 1. The normalized spacial score (nSPS) is 22.0. The first-order chi connectivity index (χ1) is 11.7. The molecule has 1 unspecified atom stereocenters. The Morgan fingerprint density at radius 2 is 1.83 bits per heavy atom. The van der Waals surface area contributed by atoms with Gasteiger partial charge in [0.15, 0.2) is 0 Å². The molecule has 132 valence electrons. The maximum atomic E-state index is 12.4. The molecule has 2 aliphatic rings. The molecule has 7 heteroatoms. The average Bonchev–Trinajstić information content (AvgIpc) is 3.31. The molecular formula is C17H27N5O2. The highest BCUT2D eigenvalue weighted by Crippen LogP contribution is 2.32. The van der Waals surface area contributed by atoms with Crippen LogP contribution in [0.15, 0.2) is 18.5 Å². The van der Waals surface area contributed by atoms with E-state index in [1.165, 1.54) is 0 Å². The summed E-state index contributed by atoms with van der Waals surface area (Å²) < 4.78 is 1.81. The summed E-state index contributed by atoms with van der Waals surface area (Å²) in [6.45, 7) is 4.06. The predicted octanol–water partition coefficient (Wildman–Crippen LogP) is 1.17. The number of carbonyl (C=O) groups excluding carboxylic acids is 2. The van der Waals surface area contributed by atoms with Gasteiger partial charge in [0.2, 0.25) is 5.91 Å². The topological polar surface area (TPSA) is 70.5 Å². The zero-order valence-electron chi connectivity index (χ0n) is 14.4. The highest BCUT2D eigenvalue weighted by molar-refractivity contribution is 5.76. The monoisotopic (exact) mass is 333 g/mol. The van der Waals surface area contributed by atoms with Crippen molar-refractivity contribution in [2.45, 2.75) is 32.2 Å². The molecule has 3 heterocycles. The highest BCUT2D eigenvalue weighted by atomic mass is 16.2. The van der Waals surface area contributed by atoms with Gasteiger partial charge in [-0.3, -0.25) is 9.48 Å². The van der Waals surface area contributed by atoms with Gasteiger partial charge in [-0.15, -0.1) is 0 Å². The summed E-state index contributed by atoms with van der Waals surface area (Å²) in [7, 11) is 1.68. The third-order valence-electron chi connectivity index (χ3n) is 5.40. The quantitative estimate of drug-likeness (QED) is 0.899. The number of nitrogens with zero attached hydrogens (tertiary/aromatic N) is 4. The van der Waals surface area contributed by atoms with E-state index in [1.54, 1.807) is 17.9 Å². The lowest BCUT2D eigenvalue weighted by Crippen LogP contribution is -2.44. The van der Waals surface area contributed by atoms with Crippen LogP contribution in [-0.2, 0) is 11.3 Å². The summed E-state index contributed by atoms with van der Waals surface area (Å²) >= 11 is 0. The Hall–Kier alpha value is -2.05. The zero-order valence-corrected chi connectivity index (χ0v) is 14.4. The largest absolute Gasteiger partial charge is 0.342 e. The SMILES string of the molecule is CNC(=O)N1CCC(C2CCN(C(=O)CCn3cccn3)C2)CC1. The lowest BCUT2D eigenvalue weighted by atomic mass is 9.84. The van der Waals surface area contributed by atoms with Crippen molar-refractivity contribution in [3.05, 3.63) is 18.5 Å². The van der Waals surface area contributed by atoms with E-state index in [1.807, 2.05) is 22.1 Å². The molecular weight excluding hydrogens is 306 g/mol. The van der Waals surface area contributed by atoms with Crippen molar-refractivity contribution in [1.82, 2.24) is 24.9 Å². The van der Waals surface area contributed by atoms with Gasteiger partial charge in [-0.2, -0.15) is 5.10 Å². The number of hydrogen-bond acceptors (Lipinski definition) is 3. The first-order valence-electron chi connectivity index (χ1n) is 8.89. The first kappa shape index (κ1) is 16.8. The Labute approximate surface area is 143 Å². The molecule has 3 rings (SSSR count). The van der Waals surface area contributed by atoms with E-state index in [9.17, 15) is 9.59 Å². The summed E-state index contributed by atoms with van der Waals surface area (Å²) in [5, 5.41) is 6.83. The number of likely N-dealkylation sites (tertiary alicyclic amines) is 2. The molecule has 7 nitrogen and oxygen atoms in total. The number of hydrogen-bond donors (Lipinski definition) is 1. The summed E-state index contributed by atoms with van der Waals surface area (Å²) in [5.41, 5.74) is 0. The van der Waals surface area contributed by atoms with Gasteiger partial charge in [0, 0.05) is 58.6 Å². The summed E-state index contributed by atoms with van der Waals surface area (Å²) in [6, 6.07) is 1.90. The average molecular weight is 333 g/mol. The van der Waals surface area contributed by atoms with E-state index in [-0.39, 0.29) is 11.9 Å². The maximum Gasteiger partial charge on any atom is 0.317 e. The van der Waals surface area contributed by atoms with Gasteiger partial charge in [0.1, 0.15) is 0 Å². The van der Waals surface area contributed by atoms with Gasteiger partial charge in [-0.1, -0.05) is 0 Å². The molecule has 1 N–H and O–H groups in total.